The topological polar surface area (TPSA) is 78.9 Å². The van der Waals surface area contributed by atoms with Crippen LogP contribution in [0, 0.1) is 11.8 Å². The van der Waals surface area contributed by atoms with E-state index in [0.29, 0.717) is 25.6 Å². The van der Waals surface area contributed by atoms with Gasteiger partial charge in [-0.05, 0) is 12.8 Å². The number of ether oxygens (including phenoxy) is 1. The number of rotatable bonds is 5. The van der Waals surface area contributed by atoms with Crippen LogP contribution in [0.2, 0.25) is 0 Å². The monoisotopic (exact) mass is 270 g/mol. The van der Waals surface area contributed by atoms with Crippen molar-refractivity contribution in [3.05, 3.63) is 0 Å². The second kappa shape index (κ2) is 6.23. The standard InChI is InChI=1S/C13H22N2O4/c1-2-11-10(3-4-19-11)6-14-13(18)15-7-9(8-15)5-12(16)17/h9-11H,2-8H2,1H3,(H,14,18)(H,16,17). The third-order valence-electron chi connectivity index (χ3n) is 3.97. The summed E-state index contributed by atoms with van der Waals surface area (Å²) in [5, 5.41) is 11.6. The first-order valence-electron chi connectivity index (χ1n) is 6.96. The van der Waals surface area contributed by atoms with E-state index in [1.807, 2.05) is 0 Å². The van der Waals surface area contributed by atoms with Crippen molar-refractivity contribution < 1.29 is 19.4 Å². The predicted octanol–water partition coefficient (Wildman–Crippen LogP) is 0.918. The van der Waals surface area contributed by atoms with Crippen LogP contribution < -0.4 is 5.32 Å². The van der Waals surface area contributed by atoms with Gasteiger partial charge in [0.05, 0.1) is 12.5 Å². The Morgan fingerprint density at radius 3 is 2.79 bits per heavy atom. The molecule has 2 rings (SSSR count). The van der Waals surface area contributed by atoms with Gasteiger partial charge in [-0.25, -0.2) is 4.79 Å². The predicted molar refractivity (Wildman–Crippen MR) is 68.9 cm³/mol. The third-order valence-corrected chi connectivity index (χ3v) is 3.97. The molecule has 0 bridgehead atoms. The van der Waals surface area contributed by atoms with Gasteiger partial charge in [-0.3, -0.25) is 4.79 Å². The van der Waals surface area contributed by atoms with Gasteiger partial charge in [0, 0.05) is 38.1 Å². The van der Waals surface area contributed by atoms with Crippen molar-refractivity contribution in [2.24, 2.45) is 11.8 Å². The van der Waals surface area contributed by atoms with Crippen LogP contribution in [0.15, 0.2) is 0 Å². The van der Waals surface area contributed by atoms with E-state index in [1.165, 1.54) is 0 Å². The van der Waals surface area contributed by atoms with Gasteiger partial charge >= 0.3 is 12.0 Å². The van der Waals surface area contributed by atoms with Crippen LogP contribution in [0.1, 0.15) is 26.2 Å². The zero-order chi connectivity index (χ0) is 13.8. The van der Waals surface area contributed by atoms with Gasteiger partial charge in [0.2, 0.25) is 0 Å². The first-order chi connectivity index (χ1) is 9.10. The lowest BCUT2D eigenvalue weighted by Gasteiger charge is -2.38. The number of aliphatic carboxylic acids is 1. The number of hydrogen-bond donors (Lipinski definition) is 2. The van der Waals surface area contributed by atoms with Gasteiger partial charge < -0.3 is 20.1 Å². The van der Waals surface area contributed by atoms with Gasteiger partial charge in [0.1, 0.15) is 0 Å². The van der Waals surface area contributed by atoms with Gasteiger partial charge in [0.25, 0.3) is 0 Å². The van der Waals surface area contributed by atoms with Crippen molar-refractivity contribution in [1.82, 2.24) is 10.2 Å². The van der Waals surface area contributed by atoms with Crippen LogP contribution in [0.4, 0.5) is 4.79 Å². The van der Waals surface area contributed by atoms with Gasteiger partial charge in [0.15, 0.2) is 0 Å². The average molecular weight is 270 g/mol. The molecule has 2 aliphatic rings. The molecule has 2 unspecified atom stereocenters. The summed E-state index contributed by atoms with van der Waals surface area (Å²) in [5.74, 6) is -0.273. The number of carboxylic acids is 1. The number of amides is 2. The Bertz CT molecular complexity index is 342. The molecule has 0 aliphatic carbocycles. The fourth-order valence-corrected chi connectivity index (χ4v) is 2.82. The Balaban J connectivity index is 1.64. The Hall–Kier alpha value is -1.30. The minimum absolute atomic E-state index is 0.0802. The van der Waals surface area contributed by atoms with E-state index in [2.05, 4.69) is 12.2 Å². The summed E-state index contributed by atoms with van der Waals surface area (Å²) in [7, 11) is 0. The Morgan fingerprint density at radius 1 is 1.42 bits per heavy atom. The van der Waals surface area contributed by atoms with E-state index in [0.717, 1.165) is 19.4 Å². The summed E-state index contributed by atoms with van der Waals surface area (Å²) in [6, 6.07) is -0.0802. The highest BCUT2D eigenvalue weighted by Gasteiger charge is 2.33. The van der Waals surface area contributed by atoms with Gasteiger partial charge in [-0.1, -0.05) is 6.92 Å². The van der Waals surface area contributed by atoms with Crippen molar-refractivity contribution in [1.29, 1.82) is 0 Å². The Morgan fingerprint density at radius 2 is 2.16 bits per heavy atom. The Labute approximate surface area is 113 Å². The molecule has 2 N–H and O–H groups in total. The summed E-state index contributed by atoms with van der Waals surface area (Å²) in [4.78, 5) is 24.0. The minimum atomic E-state index is -0.793. The lowest BCUT2D eigenvalue weighted by atomic mass is 9.97. The minimum Gasteiger partial charge on any atom is -0.481 e. The number of nitrogens with one attached hydrogen (secondary N) is 1. The highest BCUT2D eigenvalue weighted by atomic mass is 16.5. The second-order valence-corrected chi connectivity index (χ2v) is 5.42. The number of nitrogens with zero attached hydrogens (tertiary/aromatic N) is 1. The van der Waals surface area contributed by atoms with E-state index >= 15 is 0 Å². The molecule has 19 heavy (non-hydrogen) atoms. The van der Waals surface area contributed by atoms with Crippen LogP contribution in [0.3, 0.4) is 0 Å². The molecule has 6 nitrogen and oxygen atoms in total. The molecule has 0 aromatic heterocycles. The largest absolute Gasteiger partial charge is 0.481 e. The second-order valence-electron chi connectivity index (χ2n) is 5.42. The molecule has 2 heterocycles. The first-order valence-corrected chi connectivity index (χ1v) is 6.96. The summed E-state index contributed by atoms with van der Waals surface area (Å²) in [6.45, 7) is 4.63. The molecule has 0 aromatic carbocycles. The van der Waals surface area contributed by atoms with E-state index in [9.17, 15) is 9.59 Å². The molecule has 0 saturated carbocycles. The maximum atomic E-state index is 11.8. The number of carbonyl (C=O) groups excluding carboxylic acids is 1. The highest BCUT2D eigenvalue weighted by molar-refractivity contribution is 5.75. The molecule has 0 spiro atoms. The van der Waals surface area contributed by atoms with E-state index in [-0.39, 0.29) is 24.5 Å². The molecule has 2 fully saturated rings. The number of carbonyl (C=O) groups is 2. The summed E-state index contributed by atoms with van der Waals surface area (Å²) >= 11 is 0. The Kier molecular flexibility index (Phi) is 4.63. The smallest absolute Gasteiger partial charge is 0.317 e. The van der Waals surface area contributed by atoms with Crippen LogP contribution >= 0.6 is 0 Å². The molecule has 2 aliphatic heterocycles. The van der Waals surface area contributed by atoms with E-state index < -0.39 is 5.97 Å². The van der Waals surface area contributed by atoms with Crippen molar-refractivity contribution >= 4 is 12.0 Å². The molecule has 108 valence electrons. The first kappa shape index (κ1) is 14.1. The molecular weight excluding hydrogens is 248 g/mol. The lowest BCUT2D eigenvalue weighted by molar-refractivity contribution is -0.139. The maximum absolute atomic E-state index is 11.8. The zero-order valence-electron chi connectivity index (χ0n) is 11.3. The van der Waals surface area contributed by atoms with Crippen molar-refractivity contribution in [3.63, 3.8) is 0 Å². The van der Waals surface area contributed by atoms with Crippen LogP contribution in [-0.2, 0) is 9.53 Å². The molecule has 0 aromatic rings. The molecule has 2 amide bonds. The van der Waals surface area contributed by atoms with Crippen molar-refractivity contribution in [3.8, 4) is 0 Å². The molecule has 6 heteroatoms. The SMILES string of the molecule is CCC1OCCC1CNC(=O)N1CC(CC(=O)O)C1. The van der Waals surface area contributed by atoms with Gasteiger partial charge in [-0.15, -0.1) is 0 Å². The summed E-state index contributed by atoms with van der Waals surface area (Å²) in [5.41, 5.74) is 0. The van der Waals surface area contributed by atoms with Crippen LogP contribution in [0.5, 0.6) is 0 Å². The molecule has 2 atom stereocenters. The number of hydrogen-bond acceptors (Lipinski definition) is 3. The summed E-state index contributed by atoms with van der Waals surface area (Å²) in [6.07, 6.45) is 2.39. The van der Waals surface area contributed by atoms with Gasteiger partial charge in [-0.2, -0.15) is 0 Å². The fraction of sp³-hybridized carbons (Fsp3) is 0.846. The quantitative estimate of drug-likeness (QED) is 0.778. The molecular formula is C13H22N2O4. The number of carboxylic acid groups (broad SMARTS) is 1. The third kappa shape index (κ3) is 3.59. The number of likely N-dealkylation sites (tertiary alicyclic amines) is 1. The lowest BCUT2D eigenvalue weighted by Crippen LogP contribution is -2.54. The molecule has 2 saturated heterocycles. The highest BCUT2D eigenvalue weighted by Crippen LogP contribution is 2.23. The molecule has 0 radical (unpaired) electrons. The number of urea groups is 1. The zero-order valence-corrected chi connectivity index (χ0v) is 11.3. The van der Waals surface area contributed by atoms with E-state index in [1.54, 1.807) is 4.90 Å². The van der Waals surface area contributed by atoms with Crippen molar-refractivity contribution in [2.75, 3.05) is 26.2 Å². The van der Waals surface area contributed by atoms with Crippen LogP contribution in [-0.4, -0.2) is 54.4 Å². The van der Waals surface area contributed by atoms with E-state index in [4.69, 9.17) is 9.84 Å². The normalized spacial score (nSPS) is 27.1. The maximum Gasteiger partial charge on any atom is 0.317 e. The average Bonchev–Trinajstić information content (AvgIpc) is 2.77. The van der Waals surface area contributed by atoms with Crippen LogP contribution in [0.25, 0.3) is 0 Å². The summed E-state index contributed by atoms with van der Waals surface area (Å²) < 4.78 is 5.58. The fourth-order valence-electron chi connectivity index (χ4n) is 2.82. The van der Waals surface area contributed by atoms with Crippen molar-refractivity contribution in [2.45, 2.75) is 32.3 Å².